The van der Waals surface area contributed by atoms with Gasteiger partial charge in [0.25, 0.3) is 0 Å². The fraction of sp³-hybridized carbons (Fsp3) is 0.304. The average molecular weight is 728 g/mol. The second kappa shape index (κ2) is 19.8. The van der Waals surface area contributed by atoms with Crippen LogP contribution in [-0.2, 0) is 26.2 Å². The Kier molecular flexibility index (Phi) is 17.0. The normalized spacial score (nSPS) is 10.6. The topological polar surface area (TPSA) is 0 Å². The summed E-state index contributed by atoms with van der Waals surface area (Å²) in [6.45, 7) is 22.5. The summed E-state index contributed by atoms with van der Waals surface area (Å²) in [7, 11) is 1.36. The molecule has 0 saturated carbocycles. The molecule has 0 radical (unpaired) electrons. The van der Waals surface area contributed by atoms with Crippen molar-refractivity contribution in [2.45, 2.75) is 92.9 Å². The van der Waals surface area contributed by atoms with Gasteiger partial charge in [0.1, 0.15) is 0 Å². The van der Waals surface area contributed by atoms with E-state index in [2.05, 4.69) is 179 Å². The first-order chi connectivity index (χ1) is 22.4. The van der Waals surface area contributed by atoms with Gasteiger partial charge in [0.2, 0.25) is 0 Å². The molecule has 0 N–H and O–H groups in total. The van der Waals surface area contributed by atoms with Crippen molar-refractivity contribution in [2.75, 3.05) is 0 Å². The maximum atomic E-state index is 4.53. The molecule has 0 aliphatic heterocycles. The molecule has 0 aromatic heterocycles. The van der Waals surface area contributed by atoms with Crippen molar-refractivity contribution in [3.8, 4) is 0 Å². The third-order valence-corrected chi connectivity index (χ3v) is 8.55. The van der Waals surface area contributed by atoms with Crippen LogP contribution in [0.5, 0.6) is 0 Å². The summed E-state index contributed by atoms with van der Waals surface area (Å²) in [5.41, 5.74) is 11.1. The Labute approximate surface area is 314 Å². The molecule has 0 nitrogen and oxygen atoms in total. The Morgan fingerprint density at radius 1 is 0.500 bits per heavy atom. The summed E-state index contributed by atoms with van der Waals surface area (Å²) >= 11 is 0. The Bertz CT molecular complexity index is 1670. The number of aryl methyl sites for hydroxylation is 2. The molecule has 0 aliphatic rings. The molecule has 0 spiro atoms. The van der Waals surface area contributed by atoms with E-state index in [4.69, 9.17) is 0 Å². The molecule has 248 valence electrons. The van der Waals surface area contributed by atoms with Crippen LogP contribution >= 0.6 is 0 Å². The average Bonchev–Trinajstić information content (AvgIpc) is 3.62. The van der Waals surface area contributed by atoms with E-state index in [9.17, 15) is 0 Å². The van der Waals surface area contributed by atoms with Crippen molar-refractivity contribution in [1.29, 1.82) is 0 Å². The molecule has 48 heavy (non-hydrogen) atoms. The van der Waals surface area contributed by atoms with E-state index in [1.54, 1.807) is 0 Å². The summed E-state index contributed by atoms with van der Waals surface area (Å²) in [6, 6.07) is 39.4. The summed E-state index contributed by atoms with van der Waals surface area (Å²) in [5.74, 6) is 2.42. The van der Waals surface area contributed by atoms with Gasteiger partial charge in [-0.05, 0) is 23.7 Å². The van der Waals surface area contributed by atoms with E-state index < -0.39 is 0 Å². The molecule has 6 rings (SSSR count). The molecule has 2 heteroatoms. The molecule has 0 saturated heterocycles. The molecule has 0 heterocycles. The zero-order valence-electron chi connectivity index (χ0n) is 31.1. The van der Waals surface area contributed by atoms with Crippen LogP contribution < -0.4 is 0 Å². The first-order valence-corrected chi connectivity index (χ1v) is 18.0. The van der Waals surface area contributed by atoms with Gasteiger partial charge in [-0.3, -0.25) is 0 Å². The molecule has 0 aliphatic carbocycles. The molecule has 0 bridgehead atoms. The standard InChI is InChI=1S/2C16H21.C13H11.CH3Si.Zr/c2*1-10(2)13-8-14-6-12(5)7-16(14)15(9-13)11(3)4;1-3-7-12(8-4-1)11-13-9-5-2-6-10-13;1-2;/h2*6-11H,1-5H3;1-11H;1H,2H2;/q4*-1;+4. The van der Waals surface area contributed by atoms with E-state index in [0.29, 0.717) is 23.7 Å². The smallest absolute Gasteiger partial charge is 0.533 e. The second-order valence-corrected chi connectivity index (χ2v) is 13.9. The summed E-state index contributed by atoms with van der Waals surface area (Å²) in [6.07, 6.45) is 6.69. The predicted octanol–water partition coefficient (Wildman–Crippen LogP) is 12.4. The van der Waals surface area contributed by atoms with Gasteiger partial charge < -0.3 is 6.17 Å². The maximum absolute atomic E-state index is 4.53. The van der Waals surface area contributed by atoms with Gasteiger partial charge in [-0.25, -0.2) is 9.85 Å². The fourth-order valence-electron chi connectivity index (χ4n) is 5.96. The molecular formula is C46H56SiZr. The van der Waals surface area contributed by atoms with E-state index in [1.165, 1.54) is 75.9 Å². The van der Waals surface area contributed by atoms with Crippen LogP contribution in [0.3, 0.4) is 0 Å². The van der Waals surface area contributed by atoms with Gasteiger partial charge >= 0.3 is 26.2 Å². The zero-order chi connectivity index (χ0) is 34.7. The van der Waals surface area contributed by atoms with Crippen molar-refractivity contribution >= 4 is 37.6 Å². The largest absolute Gasteiger partial charge is 4.00 e. The number of hydrogen-bond donors (Lipinski definition) is 0. The van der Waals surface area contributed by atoms with Crippen molar-refractivity contribution in [3.63, 3.8) is 0 Å². The van der Waals surface area contributed by atoms with Crippen LogP contribution in [0.25, 0.3) is 21.5 Å². The Morgan fingerprint density at radius 2 is 0.833 bits per heavy atom. The predicted molar refractivity (Wildman–Crippen MR) is 215 cm³/mol. The van der Waals surface area contributed by atoms with Crippen LogP contribution in [0.15, 0.2) is 109 Å². The van der Waals surface area contributed by atoms with E-state index >= 15 is 0 Å². The SMILES string of the molecule is Cc1cc2c(C(C)C)cc(C(C)C)cc2[cH-]1.Cc1cc2c(C(C)C)cc(C(C)C)cc2[cH-]1.[CH-]=[SiH2].[Zr+4].c1ccc([CH-]c2ccccc2)cc1. The third-order valence-electron chi connectivity index (χ3n) is 8.55. The Balaban J connectivity index is 0.000000242. The monoisotopic (exact) mass is 726 g/mol. The van der Waals surface area contributed by atoms with Gasteiger partial charge in [0, 0.05) is 0 Å². The van der Waals surface area contributed by atoms with Crippen LogP contribution in [0, 0.1) is 20.3 Å². The van der Waals surface area contributed by atoms with Gasteiger partial charge in [-0.15, -0.1) is 98.8 Å². The van der Waals surface area contributed by atoms with Crippen molar-refractivity contribution in [1.82, 2.24) is 0 Å². The molecule has 6 aromatic carbocycles. The number of benzene rings is 4. The number of fused-ring (bicyclic) bond motifs is 2. The second-order valence-electron chi connectivity index (χ2n) is 13.9. The van der Waals surface area contributed by atoms with Crippen molar-refractivity contribution in [2.24, 2.45) is 0 Å². The van der Waals surface area contributed by atoms with E-state index in [-0.39, 0.29) is 26.2 Å². The van der Waals surface area contributed by atoms with Gasteiger partial charge in [-0.2, -0.15) is 12.1 Å². The Hall–Kier alpha value is -3.06. The minimum atomic E-state index is 0. The first-order valence-electron chi connectivity index (χ1n) is 17.2. The summed E-state index contributed by atoms with van der Waals surface area (Å²) in [4.78, 5) is 0. The van der Waals surface area contributed by atoms with Crippen LogP contribution in [0.4, 0.5) is 0 Å². The molecule has 0 amide bonds. The Morgan fingerprint density at radius 3 is 1.12 bits per heavy atom. The first kappa shape index (κ1) is 41.1. The molecular weight excluding hydrogens is 672 g/mol. The van der Waals surface area contributed by atoms with Crippen LogP contribution in [0.2, 0.25) is 0 Å². The number of hydrogen-bond acceptors (Lipinski definition) is 0. The molecule has 0 unspecified atom stereocenters. The van der Waals surface area contributed by atoms with E-state index in [0.717, 1.165) is 0 Å². The van der Waals surface area contributed by atoms with Crippen molar-refractivity contribution in [3.05, 3.63) is 160 Å². The fourth-order valence-corrected chi connectivity index (χ4v) is 5.96. The summed E-state index contributed by atoms with van der Waals surface area (Å²) in [5, 5.41) is 5.70. The zero-order valence-corrected chi connectivity index (χ0v) is 34.9. The summed E-state index contributed by atoms with van der Waals surface area (Å²) < 4.78 is 0. The van der Waals surface area contributed by atoms with Crippen LogP contribution in [-0.4, -0.2) is 16.0 Å². The van der Waals surface area contributed by atoms with Gasteiger partial charge in [-0.1, -0.05) is 140 Å². The molecule has 0 fully saturated rings. The van der Waals surface area contributed by atoms with Gasteiger partial charge in [0.15, 0.2) is 0 Å². The van der Waals surface area contributed by atoms with Gasteiger partial charge in [0.05, 0.1) is 0 Å². The molecule has 0 atom stereocenters. The number of rotatable bonds is 6. The third kappa shape index (κ3) is 11.5. The minimum absolute atomic E-state index is 0. The minimum Gasteiger partial charge on any atom is -0.533 e. The molecule has 6 aromatic rings. The van der Waals surface area contributed by atoms with Crippen molar-refractivity contribution < 1.29 is 26.2 Å². The van der Waals surface area contributed by atoms with E-state index in [1.807, 2.05) is 12.1 Å². The quantitative estimate of drug-likeness (QED) is 0.118. The maximum Gasteiger partial charge on any atom is 4.00 e. The van der Waals surface area contributed by atoms with Crippen LogP contribution in [0.1, 0.15) is 124 Å².